The molecule has 1 unspecified atom stereocenters. The maximum atomic E-state index is 5.30. The van der Waals surface area contributed by atoms with E-state index in [4.69, 9.17) is 4.74 Å². The molecule has 1 aliphatic rings. The number of piperidine rings is 1. The molecule has 2 aromatic rings. The minimum atomic E-state index is 0. The lowest BCUT2D eigenvalue weighted by molar-refractivity contribution is 0.162. The molecule has 2 aromatic carbocycles. The molecule has 0 spiro atoms. The minimum absolute atomic E-state index is 0. The van der Waals surface area contributed by atoms with Gasteiger partial charge in [0, 0.05) is 6.04 Å². The molecule has 1 aliphatic heterocycles. The first-order valence-electron chi connectivity index (χ1n) is 8.29. The normalized spacial score (nSPS) is 16.4. The molecule has 0 aliphatic carbocycles. The van der Waals surface area contributed by atoms with Crippen LogP contribution in [0.1, 0.15) is 36.4 Å². The van der Waals surface area contributed by atoms with Crippen LogP contribution in [0, 0.1) is 0 Å². The lowest BCUT2D eigenvalue weighted by Crippen LogP contribution is -2.34. The van der Waals surface area contributed by atoms with Crippen molar-refractivity contribution in [2.75, 3.05) is 20.2 Å². The van der Waals surface area contributed by atoms with Gasteiger partial charge in [0.25, 0.3) is 0 Å². The number of likely N-dealkylation sites (tertiary alicyclic amines) is 1. The van der Waals surface area contributed by atoms with E-state index in [1.54, 1.807) is 7.11 Å². The summed E-state index contributed by atoms with van der Waals surface area (Å²) >= 11 is 0. The quantitative estimate of drug-likeness (QED) is 0.773. The van der Waals surface area contributed by atoms with E-state index < -0.39 is 0 Å². The van der Waals surface area contributed by atoms with E-state index >= 15 is 0 Å². The molecule has 1 fully saturated rings. The molecule has 0 radical (unpaired) electrons. The zero-order valence-corrected chi connectivity index (χ0v) is 14.6. The van der Waals surface area contributed by atoms with Gasteiger partial charge in [0.15, 0.2) is 0 Å². The molecule has 3 heteroatoms. The molecule has 0 bridgehead atoms. The summed E-state index contributed by atoms with van der Waals surface area (Å²) in [5.74, 6) is 0.931. The van der Waals surface area contributed by atoms with E-state index in [0.717, 1.165) is 12.2 Å². The monoisotopic (exact) mass is 331 g/mol. The third kappa shape index (κ3) is 4.73. The molecule has 2 nitrogen and oxygen atoms in total. The summed E-state index contributed by atoms with van der Waals surface area (Å²) in [7, 11) is 1.72. The largest absolute Gasteiger partial charge is 0.497 e. The standard InChI is InChI=1S/C20H25NO.ClH/c1-22-19-12-10-18(11-13-19)20(21-14-6-3-7-15-21)16-17-8-4-2-5-9-17;/h2,4-5,8-13,20H,3,6-7,14-16H2,1H3;1H. The third-order valence-corrected chi connectivity index (χ3v) is 4.60. The van der Waals surface area contributed by atoms with Gasteiger partial charge >= 0.3 is 0 Å². The molecule has 1 saturated heterocycles. The summed E-state index contributed by atoms with van der Waals surface area (Å²) in [5, 5.41) is 0. The highest BCUT2D eigenvalue weighted by Gasteiger charge is 2.22. The summed E-state index contributed by atoms with van der Waals surface area (Å²) in [4.78, 5) is 2.65. The molecule has 23 heavy (non-hydrogen) atoms. The number of ether oxygens (including phenoxy) is 1. The molecule has 0 N–H and O–H groups in total. The predicted molar refractivity (Wildman–Crippen MR) is 98.6 cm³/mol. The number of methoxy groups -OCH3 is 1. The number of hydrogen-bond donors (Lipinski definition) is 0. The molecule has 0 aromatic heterocycles. The number of benzene rings is 2. The highest BCUT2D eigenvalue weighted by atomic mass is 35.5. The minimum Gasteiger partial charge on any atom is -0.497 e. The molecule has 3 rings (SSSR count). The van der Waals surface area contributed by atoms with Crippen LogP contribution in [0.25, 0.3) is 0 Å². The summed E-state index contributed by atoms with van der Waals surface area (Å²) in [6.07, 6.45) is 5.09. The second-order valence-electron chi connectivity index (χ2n) is 6.08. The Kier molecular flexibility index (Phi) is 6.94. The van der Waals surface area contributed by atoms with Gasteiger partial charge in [-0.1, -0.05) is 48.9 Å². The van der Waals surface area contributed by atoms with E-state index in [9.17, 15) is 0 Å². The highest BCUT2D eigenvalue weighted by Crippen LogP contribution is 2.29. The first kappa shape index (κ1) is 17.8. The number of hydrogen-bond acceptors (Lipinski definition) is 2. The molecule has 124 valence electrons. The van der Waals surface area contributed by atoms with Crippen molar-refractivity contribution >= 4 is 12.4 Å². The van der Waals surface area contributed by atoms with E-state index in [0.29, 0.717) is 6.04 Å². The fourth-order valence-corrected chi connectivity index (χ4v) is 3.35. The van der Waals surface area contributed by atoms with E-state index in [-0.39, 0.29) is 12.4 Å². The van der Waals surface area contributed by atoms with Gasteiger partial charge in [-0.05, 0) is 55.6 Å². The fourth-order valence-electron chi connectivity index (χ4n) is 3.35. The van der Waals surface area contributed by atoms with Gasteiger partial charge in [-0.15, -0.1) is 12.4 Å². The lowest BCUT2D eigenvalue weighted by atomic mass is 9.95. The van der Waals surface area contributed by atoms with Gasteiger partial charge < -0.3 is 4.74 Å². The average molecular weight is 332 g/mol. The van der Waals surface area contributed by atoms with Crippen LogP contribution in [-0.2, 0) is 6.42 Å². The SMILES string of the molecule is COc1ccc(C(Cc2ccccc2)N2CCCCC2)cc1.Cl. The summed E-state index contributed by atoms with van der Waals surface area (Å²) in [6.45, 7) is 2.42. The Hall–Kier alpha value is -1.51. The van der Waals surface area contributed by atoms with Crippen molar-refractivity contribution in [3.63, 3.8) is 0 Å². The van der Waals surface area contributed by atoms with Crippen molar-refractivity contribution < 1.29 is 4.74 Å². The molecule has 0 amide bonds. The van der Waals surface area contributed by atoms with Crippen LogP contribution < -0.4 is 4.74 Å². The van der Waals surface area contributed by atoms with Crippen molar-refractivity contribution in [3.8, 4) is 5.75 Å². The Bertz CT molecular complexity index is 564. The van der Waals surface area contributed by atoms with Crippen LogP contribution in [0.3, 0.4) is 0 Å². The Morgan fingerprint density at radius 1 is 0.913 bits per heavy atom. The van der Waals surface area contributed by atoms with Crippen molar-refractivity contribution in [1.29, 1.82) is 0 Å². The van der Waals surface area contributed by atoms with Crippen molar-refractivity contribution in [2.24, 2.45) is 0 Å². The number of nitrogens with zero attached hydrogens (tertiary/aromatic N) is 1. The Morgan fingerprint density at radius 3 is 2.17 bits per heavy atom. The Morgan fingerprint density at radius 2 is 1.57 bits per heavy atom. The molecule has 1 atom stereocenters. The molecule has 1 heterocycles. The second-order valence-corrected chi connectivity index (χ2v) is 6.08. The predicted octanol–water partition coefficient (Wildman–Crippen LogP) is 4.89. The number of halogens is 1. The number of rotatable bonds is 5. The average Bonchev–Trinajstić information content (AvgIpc) is 2.61. The zero-order chi connectivity index (χ0) is 15.2. The maximum Gasteiger partial charge on any atom is 0.118 e. The van der Waals surface area contributed by atoms with Crippen molar-refractivity contribution in [2.45, 2.75) is 31.7 Å². The molecular weight excluding hydrogens is 306 g/mol. The zero-order valence-electron chi connectivity index (χ0n) is 13.8. The molecule has 0 saturated carbocycles. The highest BCUT2D eigenvalue weighted by molar-refractivity contribution is 5.85. The van der Waals surface area contributed by atoms with Gasteiger partial charge in [0.1, 0.15) is 5.75 Å². The van der Waals surface area contributed by atoms with Gasteiger partial charge in [0.05, 0.1) is 7.11 Å². The Labute approximate surface area is 145 Å². The van der Waals surface area contributed by atoms with E-state index in [1.807, 2.05) is 0 Å². The van der Waals surface area contributed by atoms with Crippen LogP contribution in [0.5, 0.6) is 5.75 Å². The van der Waals surface area contributed by atoms with Gasteiger partial charge in [-0.25, -0.2) is 0 Å². The van der Waals surface area contributed by atoms with Crippen molar-refractivity contribution in [3.05, 3.63) is 65.7 Å². The smallest absolute Gasteiger partial charge is 0.118 e. The Balaban J connectivity index is 0.00000192. The van der Waals surface area contributed by atoms with Crippen LogP contribution in [0.15, 0.2) is 54.6 Å². The van der Waals surface area contributed by atoms with Gasteiger partial charge in [-0.3, -0.25) is 4.90 Å². The van der Waals surface area contributed by atoms with E-state index in [1.165, 1.54) is 43.5 Å². The summed E-state index contributed by atoms with van der Waals surface area (Å²) < 4.78 is 5.30. The first-order valence-corrected chi connectivity index (χ1v) is 8.29. The molecular formula is C20H26ClNO. The first-order chi connectivity index (χ1) is 10.9. The van der Waals surface area contributed by atoms with Gasteiger partial charge in [-0.2, -0.15) is 0 Å². The maximum absolute atomic E-state index is 5.30. The van der Waals surface area contributed by atoms with Gasteiger partial charge in [0.2, 0.25) is 0 Å². The van der Waals surface area contributed by atoms with E-state index in [2.05, 4.69) is 59.5 Å². The van der Waals surface area contributed by atoms with Crippen LogP contribution >= 0.6 is 12.4 Å². The van der Waals surface area contributed by atoms with Crippen LogP contribution in [0.2, 0.25) is 0 Å². The lowest BCUT2D eigenvalue weighted by Gasteiger charge is -2.35. The van der Waals surface area contributed by atoms with Crippen LogP contribution in [0.4, 0.5) is 0 Å². The topological polar surface area (TPSA) is 12.5 Å². The fraction of sp³-hybridized carbons (Fsp3) is 0.400. The summed E-state index contributed by atoms with van der Waals surface area (Å²) in [5.41, 5.74) is 2.81. The summed E-state index contributed by atoms with van der Waals surface area (Å²) in [6, 6.07) is 19.9. The van der Waals surface area contributed by atoms with Crippen LogP contribution in [-0.4, -0.2) is 25.1 Å². The second kappa shape index (κ2) is 8.95. The third-order valence-electron chi connectivity index (χ3n) is 4.60. The van der Waals surface area contributed by atoms with Crippen molar-refractivity contribution in [1.82, 2.24) is 4.90 Å².